The third kappa shape index (κ3) is 4.25. The number of hydrogen-bond donors (Lipinski definition) is 1. The van der Waals surface area contributed by atoms with E-state index in [4.69, 9.17) is 0 Å². The van der Waals surface area contributed by atoms with Crippen molar-refractivity contribution in [3.63, 3.8) is 0 Å². The molecule has 1 aliphatic carbocycles. The molecule has 1 aliphatic rings. The van der Waals surface area contributed by atoms with Crippen LogP contribution in [0.15, 0.2) is 61.3 Å². The Morgan fingerprint density at radius 3 is 2.66 bits per heavy atom. The van der Waals surface area contributed by atoms with E-state index in [0.717, 1.165) is 53.9 Å². The Morgan fingerprint density at radius 2 is 1.88 bits per heavy atom. The zero-order chi connectivity index (χ0) is 21.9. The van der Waals surface area contributed by atoms with Gasteiger partial charge in [-0.25, -0.2) is 4.98 Å². The quantitative estimate of drug-likeness (QED) is 0.473. The molecule has 5 rings (SSSR count). The molecule has 1 fully saturated rings. The fourth-order valence-electron chi connectivity index (χ4n) is 3.62. The zero-order valence-electron chi connectivity index (χ0n) is 17.8. The van der Waals surface area contributed by atoms with Crippen LogP contribution in [0.25, 0.3) is 22.5 Å². The number of aromatic nitrogens is 6. The SMILES string of the molecule is CCCc1ccc(-c2ccnc(C(=O)Nc3cc(-c4nncn4C4CC4)ccn3)c2)cn1. The number of pyridine rings is 3. The molecule has 32 heavy (non-hydrogen) atoms. The molecule has 1 amide bonds. The fraction of sp³-hybridized carbons (Fsp3) is 0.250. The van der Waals surface area contributed by atoms with Crippen LogP contribution in [0.1, 0.15) is 48.4 Å². The maximum absolute atomic E-state index is 12.9. The average molecular weight is 425 g/mol. The first-order valence-corrected chi connectivity index (χ1v) is 10.8. The van der Waals surface area contributed by atoms with Crippen LogP contribution >= 0.6 is 0 Å². The van der Waals surface area contributed by atoms with E-state index in [1.807, 2.05) is 30.5 Å². The Hall–Kier alpha value is -3.94. The molecule has 4 aromatic heterocycles. The van der Waals surface area contributed by atoms with Gasteiger partial charge in [0, 0.05) is 41.5 Å². The molecule has 0 bridgehead atoms. The van der Waals surface area contributed by atoms with Gasteiger partial charge in [0.2, 0.25) is 0 Å². The summed E-state index contributed by atoms with van der Waals surface area (Å²) in [4.78, 5) is 25.9. The van der Waals surface area contributed by atoms with Gasteiger partial charge in [-0.3, -0.25) is 14.8 Å². The van der Waals surface area contributed by atoms with E-state index in [1.165, 1.54) is 0 Å². The predicted molar refractivity (Wildman–Crippen MR) is 121 cm³/mol. The van der Waals surface area contributed by atoms with Crippen molar-refractivity contribution in [2.75, 3.05) is 5.32 Å². The summed E-state index contributed by atoms with van der Waals surface area (Å²) in [5.74, 6) is 0.899. The van der Waals surface area contributed by atoms with Gasteiger partial charge in [-0.05, 0) is 55.2 Å². The Labute approximate surface area is 185 Å². The summed E-state index contributed by atoms with van der Waals surface area (Å²) >= 11 is 0. The van der Waals surface area contributed by atoms with E-state index in [-0.39, 0.29) is 5.91 Å². The molecule has 0 unspecified atom stereocenters. The van der Waals surface area contributed by atoms with Crippen molar-refractivity contribution in [1.29, 1.82) is 0 Å². The molecule has 0 aliphatic heterocycles. The van der Waals surface area contributed by atoms with E-state index >= 15 is 0 Å². The minimum atomic E-state index is -0.323. The van der Waals surface area contributed by atoms with Crippen LogP contribution in [0, 0.1) is 0 Å². The largest absolute Gasteiger partial charge is 0.310 e. The van der Waals surface area contributed by atoms with Crippen molar-refractivity contribution in [3.8, 4) is 22.5 Å². The second-order valence-corrected chi connectivity index (χ2v) is 7.89. The van der Waals surface area contributed by atoms with Crippen LogP contribution < -0.4 is 5.32 Å². The predicted octanol–water partition coefficient (Wildman–Crippen LogP) is 4.34. The summed E-state index contributed by atoms with van der Waals surface area (Å²) in [6, 6.07) is 11.8. The van der Waals surface area contributed by atoms with Gasteiger partial charge in [-0.1, -0.05) is 19.4 Å². The van der Waals surface area contributed by atoms with Gasteiger partial charge < -0.3 is 9.88 Å². The molecule has 0 atom stereocenters. The van der Waals surface area contributed by atoms with Crippen LogP contribution in [0.5, 0.6) is 0 Å². The highest BCUT2D eigenvalue weighted by atomic mass is 16.1. The second kappa shape index (κ2) is 8.66. The van der Waals surface area contributed by atoms with Crippen molar-refractivity contribution in [2.45, 2.75) is 38.6 Å². The van der Waals surface area contributed by atoms with Gasteiger partial charge in [0.05, 0.1) is 0 Å². The summed E-state index contributed by atoms with van der Waals surface area (Å²) in [6.45, 7) is 2.13. The first-order chi connectivity index (χ1) is 15.7. The monoisotopic (exact) mass is 425 g/mol. The third-order valence-electron chi connectivity index (χ3n) is 5.43. The molecular weight excluding hydrogens is 402 g/mol. The van der Waals surface area contributed by atoms with Crippen LogP contribution in [0.4, 0.5) is 5.82 Å². The van der Waals surface area contributed by atoms with Gasteiger partial charge in [0.15, 0.2) is 5.82 Å². The van der Waals surface area contributed by atoms with Gasteiger partial charge in [0.1, 0.15) is 17.8 Å². The number of nitrogens with zero attached hydrogens (tertiary/aromatic N) is 6. The summed E-state index contributed by atoms with van der Waals surface area (Å²) in [5.41, 5.74) is 4.07. The maximum Gasteiger partial charge on any atom is 0.275 e. The summed E-state index contributed by atoms with van der Waals surface area (Å²) in [5, 5.41) is 11.1. The van der Waals surface area contributed by atoms with Crippen LogP contribution in [-0.2, 0) is 6.42 Å². The van der Waals surface area contributed by atoms with Crippen molar-refractivity contribution in [1.82, 2.24) is 29.7 Å². The molecule has 0 radical (unpaired) electrons. The first kappa shape index (κ1) is 20.0. The minimum Gasteiger partial charge on any atom is -0.310 e. The van der Waals surface area contributed by atoms with E-state index in [1.54, 1.807) is 30.9 Å². The Balaban J connectivity index is 1.34. The maximum atomic E-state index is 12.9. The molecule has 160 valence electrons. The molecule has 4 aromatic rings. The lowest BCUT2D eigenvalue weighted by Crippen LogP contribution is -2.14. The molecule has 0 aromatic carbocycles. The minimum absolute atomic E-state index is 0.313. The molecule has 4 heterocycles. The van der Waals surface area contributed by atoms with Gasteiger partial charge >= 0.3 is 0 Å². The fourth-order valence-corrected chi connectivity index (χ4v) is 3.62. The highest BCUT2D eigenvalue weighted by Crippen LogP contribution is 2.37. The molecule has 1 N–H and O–H groups in total. The summed E-state index contributed by atoms with van der Waals surface area (Å²) < 4.78 is 2.08. The van der Waals surface area contributed by atoms with Gasteiger partial charge in [-0.2, -0.15) is 0 Å². The van der Waals surface area contributed by atoms with Gasteiger partial charge in [0.25, 0.3) is 5.91 Å². The number of carbonyl (C=O) groups excluding carboxylic acids is 1. The molecule has 0 saturated heterocycles. The number of rotatable bonds is 7. The lowest BCUT2D eigenvalue weighted by molar-refractivity contribution is 0.102. The van der Waals surface area contributed by atoms with Crippen molar-refractivity contribution >= 4 is 11.7 Å². The zero-order valence-corrected chi connectivity index (χ0v) is 17.8. The Kier molecular flexibility index (Phi) is 5.41. The van der Waals surface area contributed by atoms with Crippen LogP contribution in [0.2, 0.25) is 0 Å². The number of hydrogen-bond acceptors (Lipinski definition) is 6. The molecule has 8 nitrogen and oxygen atoms in total. The molecule has 1 saturated carbocycles. The van der Waals surface area contributed by atoms with Crippen LogP contribution in [0.3, 0.4) is 0 Å². The van der Waals surface area contributed by atoms with E-state index in [0.29, 0.717) is 17.6 Å². The average Bonchev–Trinajstić information content (AvgIpc) is 3.56. The number of carbonyl (C=O) groups is 1. The normalized spacial score (nSPS) is 13.2. The molecule has 0 spiro atoms. The van der Waals surface area contributed by atoms with Crippen molar-refractivity contribution in [3.05, 3.63) is 72.7 Å². The second-order valence-electron chi connectivity index (χ2n) is 7.89. The standard InChI is InChI=1S/C24H23N7O/c1-2-3-19-5-4-18(14-27-19)16-8-10-25-21(12-16)24(32)29-22-13-17(9-11-26-22)23-30-28-15-31(23)20-6-7-20/h4-5,8-15,20H,2-3,6-7H2,1H3,(H,26,29,32). The van der Waals surface area contributed by atoms with Gasteiger partial charge in [-0.15, -0.1) is 10.2 Å². The van der Waals surface area contributed by atoms with Crippen LogP contribution in [-0.4, -0.2) is 35.6 Å². The Bertz CT molecular complexity index is 1250. The number of anilines is 1. The highest BCUT2D eigenvalue weighted by Gasteiger charge is 2.26. The highest BCUT2D eigenvalue weighted by molar-refractivity contribution is 6.03. The third-order valence-corrected chi connectivity index (χ3v) is 5.43. The number of nitrogens with one attached hydrogen (secondary N) is 1. The summed E-state index contributed by atoms with van der Waals surface area (Å²) in [6.07, 6.45) is 11.2. The van der Waals surface area contributed by atoms with E-state index < -0.39 is 0 Å². The molecule has 8 heteroatoms. The van der Waals surface area contributed by atoms with Crippen molar-refractivity contribution in [2.24, 2.45) is 0 Å². The first-order valence-electron chi connectivity index (χ1n) is 10.8. The molecular formula is C24H23N7O. The lowest BCUT2D eigenvalue weighted by Gasteiger charge is -2.08. The van der Waals surface area contributed by atoms with E-state index in [2.05, 4.69) is 42.0 Å². The lowest BCUT2D eigenvalue weighted by atomic mass is 10.1. The topological polar surface area (TPSA) is 98.5 Å². The van der Waals surface area contributed by atoms with Crippen molar-refractivity contribution < 1.29 is 4.79 Å². The summed E-state index contributed by atoms with van der Waals surface area (Å²) in [7, 11) is 0. The number of amides is 1. The smallest absolute Gasteiger partial charge is 0.275 e. The Morgan fingerprint density at radius 1 is 1.03 bits per heavy atom. The van der Waals surface area contributed by atoms with E-state index in [9.17, 15) is 4.79 Å². The number of aryl methyl sites for hydroxylation is 1.